The summed E-state index contributed by atoms with van der Waals surface area (Å²) in [4.78, 5) is 6.00. The van der Waals surface area contributed by atoms with Gasteiger partial charge >= 0.3 is 0 Å². The van der Waals surface area contributed by atoms with Crippen LogP contribution in [0.25, 0.3) is 11.3 Å². The third kappa shape index (κ3) is 2.25. The summed E-state index contributed by atoms with van der Waals surface area (Å²) in [6.45, 7) is 5.19. The smallest absolute Gasteiger partial charge is 0.183 e. The standard InChI is InChI=1S/C13H16N2S/c1-3-11-12(10-8-6-5-7-9-10)15-13(16-11)14-4-2/h5-9H,3-4H2,1-2H3,(H,14,15). The Kier molecular flexibility index (Phi) is 3.57. The van der Waals surface area contributed by atoms with Crippen molar-refractivity contribution in [1.29, 1.82) is 0 Å². The van der Waals surface area contributed by atoms with Crippen LogP contribution in [0.1, 0.15) is 18.7 Å². The molecule has 0 aliphatic rings. The first kappa shape index (κ1) is 11.1. The molecule has 3 heteroatoms. The van der Waals surface area contributed by atoms with Crippen LogP contribution in [-0.4, -0.2) is 11.5 Å². The predicted octanol–water partition coefficient (Wildman–Crippen LogP) is 3.80. The highest BCUT2D eigenvalue weighted by atomic mass is 32.1. The molecule has 0 amide bonds. The predicted molar refractivity (Wildman–Crippen MR) is 71.1 cm³/mol. The minimum Gasteiger partial charge on any atom is -0.362 e. The number of nitrogens with zero attached hydrogens (tertiary/aromatic N) is 1. The Hall–Kier alpha value is -1.35. The lowest BCUT2D eigenvalue weighted by Crippen LogP contribution is -1.94. The maximum absolute atomic E-state index is 4.65. The van der Waals surface area contributed by atoms with E-state index in [1.165, 1.54) is 10.4 Å². The number of hydrogen-bond acceptors (Lipinski definition) is 3. The van der Waals surface area contributed by atoms with Crippen molar-refractivity contribution in [2.45, 2.75) is 20.3 Å². The molecule has 0 bridgehead atoms. The molecule has 0 unspecified atom stereocenters. The van der Waals surface area contributed by atoms with Crippen LogP contribution < -0.4 is 5.32 Å². The number of rotatable bonds is 4. The van der Waals surface area contributed by atoms with Crippen LogP contribution in [0.4, 0.5) is 5.13 Å². The number of hydrogen-bond donors (Lipinski definition) is 1. The molecular formula is C13H16N2S. The highest BCUT2D eigenvalue weighted by Gasteiger charge is 2.10. The van der Waals surface area contributed by atoms with E-state index in [0.717, 1.165) is 23.8 Å². The van der Waals surface area contributed by atoms with E-state index >= 15 is 0 Å². The van der Waals surface area contributed by atoms with Crippen LogP contribution in [0, 0.1) is 0 Å². The summed E-state index contributed by atoms with van der Waals surface area (Å²) >= 11 is 1.76. The van der Waals surface area contributed by atoms with E-state index in [1.54, 1.807) is 11.3 Å². The first-order valence-corrected chi connectivity index (χ1v) is 6.45. The molecule has 0 spiro atoms. The highest BCUT2D eigenvalue weighted by molar-refractivity contribution is 7.16. The second-order valence-electron chi connectivity index (χ2n) is 3.54. The van der Waals surface area contributed by atoms with Crippen LogP contribution in [0.2, 0.25) is 0 Å². The molecule has 0 atom stereocenters. The fourth-order valence-corrected chi connectivity index (χ4v) is 2.63. The van der Waals surface area contributed by atoms with Gasteiger partial charge in [-0.3, -0.25) is 0 Å². The maximum Gasteiger partial charge on any atom is 0.183 e. The maximum atomic E-state index is 4.65. The van der Waals surface area contributed by atoms with E-state index < -0.39 is 0 Å². The first-order valence-electron chi connectivity index (χ1n) is 5.64. The van der Waals surface area contributed by atoms with Gasteiger partial charge in [0, 0.05) is 17.0 Å². The Morgan fingerprint density at radius 1 is 1.19 bits per heavy atom. The molecule has 0 aliphatic heterocycles. The van der Waals surface area contributed by atoms with Gasteiger partial charge in [0.25, 0.3) is 0 Å². The number of aryl methyl sites for hydroxylation is 1. The number of aromatic nitrogens is 1. The molecule has 16 heavy (non-hydrogen) atoms. The van der Waals surface area contributed by atoms with Crippen molar-refractivity contribution in [2.75, 3.05) is 11.9 Å². The van der Waals surface area contributed by atoms with Gasteiger partial charge in [-0.15, -0.1) is 11.3 Å². The van der Waals surface area contributed by atoms with E-state index in [0.29, 0.717) is 0 Å². The summed E-state index contributed by atoms with van der Waals surface area (Å²) in [6.07, 6.45) is 1.04. The Bertz CT molecular complexity index is 448. The van der Waals surface area contributed by atoms with E-state index in [2.05, 4.69) is 48.4 Å². The van der Waals surface area contributed by atoms with Gasteiger partial charge in [0.05, 0.1) is 5.69 Å². The zero-order chi connectivity index (χ0) is 11.4. The summed E-state index contributed by atoms with van der Waals surface area (Å²) in [6, 6.07) is 10.4. The molecule has 1 aromatic carbocycles. The number of benzene rings is 1. The minimum absolute atomic E-state index is 0.922. The molecule has 1 aromatic heterocycles. The normalized spacial score (nSPS) is 10.4. The van der Waals surface area contributed by atoms with Gasteiger partial charge in [0.15, 0.2) is 5.13 Å². The highest BCUT2D eigenvalue weighted by Crippen LogP contribution is 2.31. The molecule has 0 fully saturated rings. The second-order valence-corrected chi connectivity index (χ2v) is 4.62. The average molecular weight is 232 g/mol. The summed E-state index contributed by atoms with van der Waals surface area (Å²) in [5.41, 5.74) is 2.34. The zero-order valence-corrected chi connectivity index (χ0v) is 10.5. The Morgan fingerprint density at radius 2 is 1.94 bits per heavy atom. The van der Waals surface area contributed by atoms with E-state index in [4.69, 9.17) is 0 Å². The first-order chi connectivity index (χ1) is 7.85. The van der Waals surface area contributed by atoms with Gasteiger partial charge in [0.2, 0.25) is 0 Å². The molecule has 1 N–H and O–H groups in total. The van der Waals surface area contributed by atoms with Crippen molar-refractivity contribution >= 4 is 16.5 Å². The molecule has 2 rings (SSSR count). The molecule has 0 radical (unpaired) electrons. The lowest BCUT2D eigenvalue weighted by Gasteiger charge is -1.98. The Morgan fingerprint density at radius 3 is 2.56 bits per heavy atom. The Balaban J connectivity index is 2.39. The number of nitrogens with one attached hydrogen (secondary N) is 1. The summed E-state index contributed by atoms with van der Waals surface area (Å²) in [5, 5.41) is 4.31. The van der Waals surface area contributed by atoms with E-state index in [9.17, 15) is 0 Å². The molecule has 2 nitrogen and oxygen atoms in total. The lowest BCUT2D eigenvalue weighted by molar-refractivity contribution is 1.16. The van der Waals surface area contributed by atoms with Crippen molar-refractivity contribution in [2.24, 2.45) is 0 Å². The average Bonchev–Trinajstić information content (AvgIpc) is 2.74. The van der Waals surface area contributed by atoms with E-state index in [-0.39, 0.29) is 0 Å². The molecule has 1 heterocycles. The molecule has 0 saturated heterocycles. The van der Waals surface area contributed by atoms with Crippen molar-refractivity contribution in [3.8, 4) is 11.3 Å². The topological polar surface area (TPSA) is 24.9 Å². The summed E-state index contributed by atoms with van der Waals surface area (Å²) < 4.78 is 0. The zero-order valence-electron chi connectivity index (χ0n) is 9.66. The van der Waals surface area contributed by atoms with Crippen LogP contribution in [0.5, 0.6) is 0 Å². The number of anilines is 1. The summed E-state index contributed by atoms with van der Waals surface area (Å²) in [7, 11) is 0. The second kappa shape index (κ2) is 5.12. The largest absolute Gasteiger partial charge is 0.362 e. The molecule has 0 saturated carbocycles. The fourth-order valence-electron chi connectivity index (χ4n) is 1.64. The van der Waals surface area contributed by atoms with Crippen LogP contribution in [0.15, 0.2) is 30.3 Å². The van der Waals surface area contributed by atoms with Crippen LogP contribution in [0.3, 0.4) is 0 Å². The minimum atomic E-state index is 0.922. The van der Waals surface area contributed by atoms with Crippen molar-refractivity contribution in [3.05, 3.63) is 35.2 Å². The molecule has 2 aromatic rings. The quantitative estimate of drug-likeness (QED) is 0.867. The molecule has 84 valence electrons. The van der Waals surface area contributed by atoms with Gasteiger partial charge in [0.1, 0.15) is 0 Å². The summed E-state index contributed by atoms with van der Waals surface area (Å²) in [5.74, 6) is 0. The van der Waals surface area contributed by atoms with Gasteiger partial charge in [-0.05, 0) is 13.3 Å². The number of thiazole rings is 1. The van der Waals surface area contributed by atoms with Gasteiger partial charge in [-0.2, -0.15) is 0 Å². The third-order valence-corrected chi connectivity index (χ3v) is 3.55. The van der Waals surface area contributed by atoms with Crippen LogP contribution >= 0.6 is 11.3 Å². The molecule has 0 aliphatic carbocycles. The fraction of sp³-hybridized carbons (Fsp3) is 0.308. The van der Waals surface area contributed by atoms with Crippen molar-refractivity contribution < 1.29 is 0 Å². The van der Waals surface area contributed by atoms with Gasteiger partial charge in [-0.25, -0.2) is 4.98 Å². The SMILES string of the molecule is CCNc1nc(-c2ccccc2)c(CC)s1. The van der Waals surface area contributed by atoms with Gasteiger partial charge in [-0.1, -0.05) is 37.3 Å². The Labute approximate surface area is 100 Å². The van der Waals surface area contributed by atoms with Gasteiger partial charge < -0.3 is 5.32 Å². The lowest BCUT2D eigenvalue weighted by atomic mass is 10.1. The van der Waals surface area contributed by atoms with E-state index in [1.807, 2.05) is 6.07 Å². The molecular weight excluding hydrogens is 216 g/mol. The van der Waals surface area contributed by atoms with Crippen molar-refractivity contribution in [3.63, 3.8) is 0 Å². The van der Waals surface area contributed by atoms with Crippen molar-refractivity contribution in [1.82, 2.24) is 4.98 Å². The third-order valence-electron chi connectivity index (χ3n) is 2.39. The van der Waals surface area contributed by atoms with Crippen LogP contribution in [-0.2, 0) is 6.42 Å². The monoisotopic (exact) mass is 232 g/mol.